The molecule has 1 saturated heterocycles. The second-order valence-corrected chi connectivity index (χ2v) is 8.55. The Bertz CT molecular complexity index is 957. The summed E-state index contributed by atoms with van der Waals surface area (Å²) in [6.45, 7) is 4.79. The van der Waals surface area contributed by atoms with Crippen LogP contribution in [0.2, 0.25) is 0 Å². The summed E-state index contributed by atoms with van der Waals surface area (Å²) < 4.78 is 5.93. The molecule has 2 fully saturated rings. The summed E-state index contributed by atoms with van der Waals surface area (Å²) in [6, 6.07) is 10.5. The molecule has 1 N–H and O–H groups in total. The van der Waals surface area contributed by atoms with Crippen molar-refractivity contribution >= 4 is 23.2 Å². The van der Waals surface area contributed by atoms with Crippen LogP contribution in [0.3, 0.4) is 0 Å². The van der Waals surface area contributed by atoms with Crippen molar-refractivity contribution in [3.63, 3.8) is 0 Å². The second-order valence-electron chi connectivity index (χ2n) is 8.55. The number of benzene rings is 1. The number of nitrogens with one attached hydrogen (secondary N) is 1. The van der Waals surface area contributed by atoms with E-state index >= 15 is 0 Å². The molecule has 0 atom stereocenters. The molecule has 1 saturated carbocycles. The van der Waals surface area contributed by atoms with Crippen molar-refractivity contribution in [2.24, 2.45) is 0 Å². The lowest BCUT2D eigenvalue weighted by Gasteiger charge is -2.36. The van der Waals surface area contributed by atoms with Gasteiger partial charge in [0.1, 0.15) is 12.3 Å². The molecule has 176 valence electrons. The van der Waals surface area contributed by atoms with E-state index in [4.69, 9.17) is 4.74 Å². The Labute approximate surface area is 193 Å². The Morgan fingerprint density at radius 1 is 1.15 bits per heavy atom. The van der Waals surface area contributed by atoms with Gasteiger partial charge in [0.25, 0.3) is 0 Å². The highest BCUT2D eigenvalue weighted by molar-refractivity contribution is 5.77. The Morgan fingerprint density at radius 3 is 2.48 bits per heavy atom. The molecule has 10 heteroatoms. The fraction of sp³-hybridized carbons (Fsp3) is 0.522. The van der Waals surface area contributed by atoms with Crippen LogP contribution in [0.4, 0.5) is 17.3 Å². The minimum Gasteiger partial charge on any atom is -0.368 e. The molecule has 2 heterocycles. The first-order chi connectivity index (χ1) is 16.0. The number of piperazine rings is 1. The summed E-state index contributed by atoms with van der Waals surface area (Å²) in [7, 11) is 0. The SMILES string of the molecule is Cc1nc(NC2CCC(OCC(=O)N3CCN(c4ccccc4)CC3)CC2)cnc1[N+](=O)[O-]. The number of para-hydroxylation sites is 1. The number of anilines is 2. The number of aryl methyl sites for hydroxylation is 1. The van der Waals surface area contributed by atoms with Gasteiger partial charge < -0.3 is 30.0 Å². The van der Waals surface area contributed by atoms with Crippen molar-refractivity contribution in [3.05, 3.63) is 52.3 Å². The Kier molecular flexibility index (Phi) is 7.33. The molecule has 2 aromatic rings. The van der Waals surface area contributed by atoms with Gasteiger partial charge in [0, 0.05) is 37.9 Å². The standard InChI is InChI=1S/C23H30N6O4/c1-17-23(29(31)32)24-15-21(25-17)26-18-7-9-20(10-8-18)33-16-22(30)28-13-11-27(12-14-28)19-5-3-2-4-6-19/h2-6,15,18,20H,7-14,16H2,1H3,(H,25,26). The highest BCUT2D eigenvalue weighted by atomic mass is 16.6. The molecular formula is C23H30N6O4. The van der Waals surface area contributed by atoms with Crippen LogP contribution in [-0.4, -0.2) is 70.6 Å². The molecule has 4 rings (SSSR count). The second kappa shape index (κ2) is 10.6. The molecule has 0 bridgehead atoms. The average Bonchev–Trinajstić information content (AvgIpc) is 2.84. The molecule has 10 nitrogen and oxygen atoms in total. The summed E-state index contributed by atoms with van der Waals surface area (Å²) in [6.07, 6.45) is 4.95. The molecule has 2 aliphatic rings. The summed E-state index contributed by atoms with van der Waals surface area (Å²) in [5, 5.41) is 14.2. The molecule has 0 spiro atoms. The van der Waals surface area contributed by atoms with Gasteiger partial charge in [0.2, 0.25) is 5.91 Å². The van der Waals surface area contributed by atoms with E-state index < -0.39 is 4.92 Å². The van der Waals surface area contributed by atoms with Crippen molar-refractivity contribution in [3.8, 4) is 0 Å². The molecular weight excluding hydrogens is 424 g/mol. The lowest BCUT2D eigenvalue weighted by Crippen LogP contribution is -2.50. The molecule has 0 unspecified atom stereocenters. The van der Waals surface area contributed by atoms with Crippen molar-refractivity contribution < 1.29 is 14.5 Å². The summed E-state index contributed by atoms with van der Waals surface area (Å²) in [4.78, 5) is 35.3. The molecule has 1 aliphatic carbocycles. The lowest BCUT2D eigenvalue weighted by atomic mass is 9.93. The van der Waals surface area contributed by atoms with Crippen molar-refractivity contribution in [1.29, 1.82) is 0 Å². The third-order valence-electron chi connectivity index (χ3n) is 6.32. The number of carbonyl (C=O) groups is 1. The van der Waals surface area contributed by atoms with Crippen LogP contribution in [0.1, 0.15) is 31.4 Å². The van der Waals surface area contributed by atoms with Crippen LogP contribution in [-0.2, 0) is 9.53 Å². The van der Waals surface area contributed by atoms with Crippen molar-refractivity contribution in [1.82, 2.24) is 14.9 Å². The molecule has 33 heavy (non-hydrogen) atoms. The van der Waals surface area contributed by atoms with E-state index in [0.717, 1.165) is 38.8 Å². The number of hydrogen-bond acceptors (Lipinski definition) is 8. The van der Waals surface area contributed by atoms with Gasteiger partial charge in [-0.1, -0.05) is 18.2 Å². The minimum atomic E-state index is -0.529. The predicted octanol–water partition coefficient (Wildman–Crippen LogP) is 2.78. The summed E-state index contributed by atoms with van der Waals surface area (Å²) in [5.74, 6) is 0.385. The van der Waals surface area contributed by atoms with Gasteiger partial charge in [0.15, 0.2) is 12.0 Å². The Morgan fingerprint density at radius 2 is 1.85 bits per heavy atom. The van der Waals surface area contributed by atoms with Gasteiger partial charge in [-0.2, -0.15) is 0 Å². The molecule has 0 radical (unpaired) electrons. The first-order valence-electron chi connectivity index (χ1n) is 11.4. The van der Waals surface area contributed by atoms with E-state index in [9.17, 15) is 14.9 Å². The van der Waals surface area contributed by atoms with E-state index in [2.05, 4.69) is 32.3 Å². The topological polar surface area (TPSA) is 114 Å². The van der Waals surface area contributed by atoms with Gasteiger partial charge in [0.05, 0.1) is 6.10 Å². The number of nitro groups is 1. The van der Waals surface area contributed by atoms with Gasteiger partial charge in [-0.25, -0.2) is 4.98 Å². The van der Waals surface area contributed by atoms with E-state index in [1.54, 1.807) is 6.92 Å². The largest absolute Gasteiger partial charge is 0.385 e. The lowest BCUT2D eigenvalue weighted by molar-refractivity contribution is -0.390. The van der Waals surface area contributed by atoms with Gasteiger partial charge in [-0.15, -0.1) is 0 Å². The molecule has 1 aliphatic heterocycles. The number of carbonyl (C=O) groups excluding carboxylic acids is 1. The zero-order valence-corrected chi connectivity index (χ0v) is 18.9. The van der Waals surface area contributed by atoms with Crippen molar-refractivity contribution in [2.75, 3.05) is 43.0 Å². The van der Waals surface area contributed by atoms with Gasteiger partial charge in [-0.3, -0.25) is 4.79 Å². The van der Waals surface area contributed by atoms with Crippen LogP contribution in [0.5, 0.6) is 0 Å². The molecule has 1 amide bonds. The van der Waals surface area contributed by atoms with Gasteiger partial charge in [-0.05, 0) is 54.6 Å². The van der Waals surface area contributed by atoms with E-state index in [1.165, 1.54) is 11.9 Å². The smallest absolute Gasteiger partial charge is 0.368 e. The zero-order valence-electron chi connectivity index (χ0n) is 18.9. The Balaban J connectivity index is 1.16. The molecule has 1 aromatic heterocycles. The van der Waals surface area contributed by atoms with Crippen LogP contribution >= 0.6 is 0 Å². The maximum Gasteiger partial charge on any atom is 0.385 e. The number of amides is 1. The normalized spacial score (nSPS) is 21.0. The fourth-order valence-electron chi connectivity index (χ4n) is 4.44. The number of rotatable bonds is 7. The third-order valence-corrected chi connectivity index (χ3v) is 6.32. The first-order valence-corrected chi connectivity index (χ1v) is 11.4. The van der Waals surface area contributed by atoms with E-state index in [0.29, 0.717) is 24.6 Å². The van der Waals surface area contributed by atoms with Crippen molar-refractivity contribution in [2.45, 2.75) is 44.8 Å². The van der Waals surface area contributed by atoms with Crippen LogP contribution in [0.25, 0.3) is 0 Å². The van der Waals surface area contributed by atoms with E-state index in [-0.39, 0.29) is 30.5 Å². The number of hydrogen-bond donors (Lipinski definition) is 1. The Hall–Kier alpha value is -3.27. The predicted molar refractivity (Wildman–Crippen MR) is 124 cm³/mol. The summed E-state index contributed by atoms with van der Waals surface area (Å²) >= 11 is 0. The number of ether oxygens (including phenoxy) is 1. The minimum absolute atomic E-state index is 0.0552. The third kappa shape index (κ3) is 5.95. The number of aromatic nitrogens is 2. The average molecular weight is 455 g/mol. The van der Waals surface area contributed by atoms with Crippen LogP contribution in [0.15, 0.2) is 36.5 Å². The van der Waals surface area contributed by atoms with Crippen LogP contribution < -0.4 is 10.2 Å². The maximum atomic E-state index is 12.6. The first kappa shape index (κ1) is 22.9. The maximum absolute atomic E-state index is 12.6. The van der Waals surface area contributed by atoms with E-state index in [1.807, 2.05) is 23.1 Å². The fourth-order valence-corrected chi connectivity index (χ4v) is 4.44. The number of nitrogens with zero attached hydrogens (tertiary/aromatic N) is 5. The van der Waals surface area contributed by atoms with Gasteiger partial charge >= 0.3 is 5.82 Å². The monoisotopic (exact) mass is 454 g/mol. The zero-order chi connectivity index (χ0) is 23.2. The summed E-state index contributed by atoms with van der Waals surface area (Å²) in [5.41, 5.74) is 1.49. The quantitative estimate of drug-likeness (QED) is 0.502. The highest BCUT2D eigenvalue weighted by Crippen LogP contribution is 2.24. The molecule has 1 aromatic carbocycles. The highest BCUT2D eigenvalue weighted by Gasteiger charge is 2.26. The van der Waals surface area contributed by atoms with Crippen LogP contribution in [0, 0.1) is 17.0 Å².